The molecule has 0 aliphatic carbocycles. The number of allylic oxidation sites excluding steroid dienone is 1. The number of hydrogen-bond donors (Lipinski definition) is 0. The summed E-state index contributed by atoms with van der Waals surface area (Å²) in [6.07, 6.45) is 2.89. The van der Waals surface area contributed by atoms with Gasteiger partial charge < -0.3 is 4.90 Å². The number of carbonyl (C=O) groups is 2. The maximum Gasteiger partial charge on any atom is 0.171 e. The first-order valence-electron chi connectivity index (χ1n) is 7.42. The van der Waals surface area contributed by atoms with Gasteiger partial charge in [0.25, 0.3) is 0 Å². The first-order chi connectivity index (χ1) is 11.3. The van der Waals surface area contributed by atoms with Crippen molar-refractivity contribution in [1.29, 1.82) is 0 Å². The minimum absolute atomic E-state index is 0.0922. The number of Topliss-reactive ketones (excluding diaryl/α,β-unsaturated/α-hetero) is 1. The fraction of sp³-hybridized carbons (Fsp3) is 0.158. The number of thioether (sulfide) groups is 1. The van der Waals surface area contributed by atoms with Gasteiger partial charge in [0.1, 0.15) is 0 Å². The first kappa shape index (κ1) is 15.6. The van der Waals surface area contributed by atoms with Crippen molar-refractivity contribution in [3.63, 3.8) is 0 Å². The summed E-state index contributed by atoms with van der Waals surface area (Å²) in [7, 11) is 0. The maximum absolute atomic E-state index is 12.4. The lowest BCUT2D eigenvalue weighted by Gasteiger charge is -2.38. The highest BCUT2D eigenvalue weighted by molar-refractivity contribution is 8.02. The van der Waals surface area contributed by atoms with E-state index >= 15 is 0 Å². The monoisotopic (exact) mass is 323 g/mol. The van der Waals surface area contributed by atoms with Crippen molar-refractivity contribution in [2.45, 2.75) is 12.5 Å². The largest absolute Gasteiger partial charge is 0.328 e. The molecular weight excluding hydrogens is 306 g/mol. The Labute approximate surface area is 140 Å². The minimum atomic E-state index is -0.0998. The Morgan fingerprint density at radius 2 is 1.65 bits per heavy atom. The Hall–Kier alpha value is -2.33. The molecule has 0 spiro atoms. The summed E-state index contributed by atoms with van der Waals surface area (Å²) in [5.41, 5.74) is 2.33. The van der Waals surface area contributed by atoms with Crippen LogP contribution in [0.5, 0.6) is 0 Å². The van der Waals surface area contributed by atoms with Gasteiger partial charge in [-0.1, -0.05) is 48.5 Å². The molecule has 0 fully saturated rings. The molecule has 4 heteroatoms. The van der Waals surface area contributed by atoms with Crippen molar-refractivity contribution >= 4 is 29.5 Å². The molecular formula is C19H17NO2S. The van der Waals surface area contributed by atoms with E-state index in [9.17, 15) is 9.59 Å². The molecule has 116 valence electrons. The van der Waals surface area contributed by atoms with Crippen LogP contribution < -0.4 is 4.90 Å². The summed E-state index contributed by atoms with van der Waals surface area (Å²) in [4.78, 5) is 26.0. The van der Waals surface area contributed by atoms with Crippen LogP contribution in [0.3, 0.4) is 0 Å². The van der Waals surface area contributed by atoms with E-state index in [1.165, 1.54) is 11.8 Å². The molecule has 23 heavy (non-hydrogen) atoms. The van der Waals surface area contributed by atoms with E-state index in [0.29, 0.717) is 12.7 Å². The van der Waals surface area contributed by atoms with Gasteiger partial charge >= 0.3 is 0 Å². The lowest BCUT2D eigenvalue weighted by atomic mass is 9.93. The number of para-hydroxylation sites is 1. The van der Waals surface area contributed by atoms with Crippen molar-refractivity contribution in [1.82, 2.24) is 0 Å². The molecule has 0 saturated heterocycles. The molecule has 0 bridgehead atoms. The second-order valence-corrected chi connectivity index (χ2v) is 6.10. The van der Waals surface area contributed by atoms with E-state index in [1.807, 2.05) is 66.9 Å². The van der Waals surface area contributed by atoms with Crippen LogP contribution in [0.25, 0.3) is 0 Å². The van der Waals surface area contributed by atoms with Gasteiger partial charge in [0.05, 0.1) is 16.6 Å². The first-order valence-corrected chi connectivity index (χ1v) is 8.64. The van der Waals surface area contributed by atoms with Crippen LogP contribution in [-0.2, 0) is 9.59 Å². The number of carbonyl (C=O) groups excluding carboxylic acids is 2. The molecule has 0 radical (unpaired) electrons. The zero-order valence-corrected chi connectivity index (χ0v) is 13.6. The summed E-state index contributed by atoms with van der Waals surface area (Å²) in [6, 6.07) is 19.8. The standard InChI is InChI=1S/C19H17NO2S/c1-23-19-16(13-21)18(22)12-17(14-8-4-2-5-9-14)20(19)15-10-6-3-7-11-15/h2-11,13,17H,12H2,1H3. The highest BCUT2D eigenvalue weighted by Gasteiger charge is 2.35. The van der Waals surface area contributed by atoms with E-state index in [-0.39, 0.29) is 17.4 Å². The number of benzene rings is 2. The lowest BCUT2D eigenvalue weighted by Crippen LogP contribution is -2.35. The van der Waals surface area contributed by atoms with Gasteiger partial charge in [-0.3, -0.25) is 9.59 Å². The normalized spacial score (nSPS) is 18.2. The highest BCUT2D eigenvalue weighted by atomic mass is 32.2. The summed E-state index contributed by atoms with van der Waals surface area (Å²) < 4.78 is 0. The summed E-state index contributed by atoms with van der Waals surface area (Å²) in [5, 5.41) is 0.719. The molecule has 1 heterocycles. The van der Waals surface area contributed by atoms with Crippen LogP contribution in [0.2, 0.25) is 0 Å². The van der Waals surface area contributed by atoms with Crippen molar-refractivity contribution in [2.75, 3.05) is 11.2 Å². The molecule has 1 unspecified atom stereocenters. The summed E-state index contributed by atoms with van der Waals surface area (Å²) in [6.45, 7) is 0. The molecule has 1 atom stereocenters. The number of hydrogen-bond acceptors (Lipinski definition) is 4. The van der Waals surface area contributed by atoms with Gasteiger partial charge in [0.2, 0.25) is 0 Å². The SMILES string of the molecule is CSC1=C(C=O)C(=O)CC(c2ccccc2)N1c1ccccc1. The Balaban J connectivity index is 2.18. The summed E-state index contributed by atoms with van der Waals surface area (Å²) in [5.74, 6) is -0.0922. The Morgan fingerprint density at radius 1 is 1.04 bits per heavy atom. The highest BCUT2D eigenvalue weighted by Crippen LogP contribution is 2.41. The van der Waals surface area contributed by atoms with Gasteiger partial charge in [0, 0.05) is 12.1 Å². The second-order valence-electron chi connectivity index (χ2n) is 5.30. The van der Waals surface area contributed by atoms with E-state index in [0.717, 1.165) is 16.3 Å². The lowest BCUT2D eigenvalue weighted by molar-refractivity contribution is -0.118. The fourth-order valence-corrected chi connectivity index (χ4v) is 3.73. The van der Waals surface area contributed by atoms with Crippen molar-refractivity contribution in [2.24, 2.45) is 0 Å². The minimum Gasteiger partial charge on any atom is -0.328 e. The van der Waals surface area contributed by atoms with E-state index in [4.69, 9.17) is 0 Å². The second kappa shape index (κ2) is 6.84. The van der Waals surface area contributed by atoms with Gasteiger partial charge in [-0.15, -0.1) is 11.8 Å². The number of rotatable bonds is 4. The van der Waals surface area contributed by atoms with E-state index in [2.05, 4.69) is 4.90 Å². The molecule has 1 aliphatic heterocycles. The number of ketones is 1. The van der Waals surface area contributed by atoms with Crippen LogP contribution in [0.4, 0.5) is 5.69 Å². The topological polar surface area (TPSA) is 37.4 Å². The smallest absolute Gasteiger partial charge is 0.171 e. The predicted molar refractivity (Wildman–Crippen MR) is 94.3 cm³/mol. The van der Waals surface area contributed by atoms with Gasteiger partial charge in [0.15, 0.2) is 12.1 Å². The zero-order chi connectivity index (χ0) is 16.2. The van der Waals surface area contributed by atoms with Crippen LogP contribution >= 0.6 is 11.8 Å². The number of anilines is 1. The third-order valence-corrected chi connectivity index (χ3v) is 4.77. The van der Waals surface area contributed by atoms with Gasteiger partial charge in [-0.2, -0.15) is 0 Å². The molecule has 3 rings (SSSR count). The number of aldehydes is 1. The molecule has 2 aromatic carbocycles. The predicted octanol–water partition coefficient (Wildman–Crippen LogP) is 3.98. The van der Waals surface area contributed by atoms with Gasteiger partial charge in [-0.05, 0) is 24.0 Å². The molecule has 0 amide bonds. The Bertz CT molecular complexity index is 740. The molecule has 0 aromatic heterocycles. The van der Waals surface area contributed by atoms with Crippen LogP contribution in [-0.4, -0.2) is 18.3 Å². The molecule has 3 nitrogen and oxygen atoms in total. The summed E-state index contributed by atoms with van der Waals surface area (Å²) >= 11 is 1.44. The zero-order valence-electron chi connectivity index (χ0n) is 12.8. The average Bonchev–Trinajstić information content (AvgIpc) is 2.62. The van der Waals surface area contributed by atoms with Crippen molar-refractivity contribution in [3.8, 4) is 0 Å². The third kappa shape index (κ3) is 2.94. The van der Waals surface area contributed by atoms with Crippen molar-refractivity contribution in [3.05, 3.63) is 76.8 Å². The quantitative estimate of drug-likeness (QED) is 0.630. The third-order valence-electron chi connectivity index (χ3n) is 3.97. The van der Waals surface area contributed by atoms with Crippen molar-refractivity contribution < 1.29 is 9.59 Å². The van der Waals surface area contributed by atoms with E-state index < -0.39 is 0 Å². The molecule has 1 aliphatic rings. The van der Waals surface area contributed by atoms with Crippen LogP contribution in [0.1, 0.15) is 18.0 Å². The maximum atomic E-state index is 12.4. The van der Waals surface area contributed by atoms with Gasteiger partial charge in [-0.25, -0.2) is 0 Å². The fourth-order valence-electron chi connectivity index (χ4n) is 2.92. The van der Waals surface area contributed by atoms with Crippen LogP contribution in [0.15, 0.2) is 71.3 Å². The van der Waals surface area contributed by atoms with Crippen LogP contribution in [0, 0.1) is 0 Å². The number of nitrogens with zero attached hydrogens (tertiary/aromatic N) is 1. The van der Waals surface area contributed by atoms with E-state index in [1.54, 1.807) is 0 Å². The molecule has 0 N–H and O–H groups in total. The molecule has 0 saturated carbocycles. The Kier molecular flexibility index (Phi) is 4.63. The average molecular weight is 323 g/mol. The molecule has 2 aromatic rings. The Morgan fingerprint density at radius 3 is 2.22 bits per heavy atom.